The van der Waals surface area contributed by atoms with E-state index in [0.29, 0.717) is 11.4 Å². The molecule has 0 fully saturated rings. The summed E-state index contributed by atoms with van der Waals surface area (Å²) in [6.45, 7) is 18.3. The Morgan fingerprint density at radius 2 is 1.65 bits per heavy atom. The number of anilines is 1. The van der Waals surface area contributed by atoms with E-state index in [0.717, 1.165) is 12.1 Å². The van der Waals surface area contributed by atoms with Gasteiger partial charge in [-0.1, -0.05) is 39.8 Å². The van der Waals surface area contributed by atoms with E-state index in [2.05, 4.69) is 33.0 Å². The first-order valence-electron chi connectivity index (χ1n) is 11.0. The van der Waals surface area contributed by atoms with Gasteiger partial charge in [0, 0.05) is 23.1 Å². The Labute approximate surface area is 187 Å². The highest BCUT2D eigenvalue weighted by Gasteiger charge is 2.27. The lowest BCUT2D eigenvalue weighted by Crippen LogP contribution is -2.42. The number of benzene rings is 1. The van der Waals surface area contributed by atoms with Crippen molar-refractivity contribution < 1.29 is 9.59 Å². The summed E-state index contributed by atoms with van der Waals surface area (Å²) in [6.07, 6.45) is 0.919. The number of hydrogen-bond donors (Lipinski definition) is 1. The van der Waals surface area contributed by atoms with E-state index >= 15 is 0 Å². The van der Waals surface area contributed by atoms with Gasteiger partial charge in [-0.15, -0.1) is 0 Å². The number of nitrogens with one attached hydrogen (secondary N) is 1. The molecule has 0 saturated carbocycles. The number of nitrogens with zero attached hydrogens (tertiary/aromatic N) is 3. The number of hydrogen-bond acceptors (Lipinski definition) is 3. The molecule has 31 heavy (non-hydrogen) atoms. The molecule has 1 aromatic heterocycles. The fraction of sp³-hybridized carbons (Fsp3) is 0.560. The van der Waals surface area contributed by atoms with E-state index < -0.39 is 0 Å². The van der Waals surface area contributed by atoms with Gasteiger partial charge >= 0.3 is 0 Å². The molecule has 2 amide bonds. The smallest absolute Gasteiger partial charge is 0.254 e. The van der Waals surface area contributed by atoms with Crippen molar-refractivity contribution in [3.63, 3.8) is 0 Å². The van der Waals surface area contributed by atoms with Crippen LogP contribution >= 0.6 is 0 Å². The van der Waals surface area contributed by atoms with E-state index in [1.165, 1.54) is 5.56 Å². The van der Waals surface area contributed by atoms with Crippen LogP contribution in [0.25, 0.3) is 0 Å². The molecular formula is C25H38N4O2. The summed E-state index contributed by atoms with van der Waals surface area (Å²) in [5.41, 5.74) is 2.25. The molecule has 1 aromatic carbocycles. The molecule has 0 bridgehead atoms. The zero-order valence-corrected chi connectivity index (χ0v) is 20.5. The summed E-state index contributed by atoms with van der Waals surface area (Å²) in [7, 11) is 0. The lowest BCUT2D eigenvalue weighted by atomic mass is 9.92. The molecule has 0 spiro atoms. The van der Waals surface area contributed by atoms with Crippen LogP contribution in [0.3, 0.4) is 0 Å². The third-order valence-corrected chi connectivity index (χ3v) is 5.19. The standard InChI is InChI=1S/C25H38N4O2/c1-10-18-11-13-19(14-12-18)23(31)28(17(2)3)16-22(30)26-21-15-20(24(4,5)6)27-29(21)25(7,8)9/h11-15,17H,10,16H2,1-9H3,(H,26,30). The average molecular weight is 427 g/mol. The fourth-order valence-electron chi connectivity index (χ4n) is 3.22. The van der Waals surface area contributed by atoms with Gasteiger partial charge in [0.2, 0.25) is 5.91 Å². The number of amides is 2. The van der Waals surface area contributed by atoms with Crippen molar-refractivity contribution in [3.05, 3.63) is 47.2 Å². The van der Waals surface area contributed by atoms with Crippen LogP contribution in [-0.4, -0.2) is 39.1 Å². The minimum Gasteiger partial charge on any atom is -0.327 e. The summed E-state index contributed by atoms with van der Waals surface area (Å²) >= 11 is 0. The quantitative estimate of drug-likeness (QED) is 0.708. The highest BCUT2D eigenvalue weighted by atomic mass is 16.2. The Kier molecular flexibility index (Phi) is 7.35. The van der Waals surface area contributed by atoms with Crippen molar-refractivity contribution in [2.24, 2.45) is 0 Å². The Hall–Kier alpha value is -2.63. The first-order valence-corrected chi connectivity index (χ1v) is 11.0. The Balaban J connectivity index is 2.24. The predicted molar refractivity (Wildman–Crippen MR) is 127 cm³/mol. The number of aryl methyl sites for hydroxylation is 1. The van der Waals surface area contributed by atoms with Gasteiger partial charge < -0.3 is 10.2 Å². The van der Waals surface area contributed by atoms with Gasteiger partial charge in [-0.05, 0) is 58.7 Å². The third-order valence-electron chi connectivity index (χ3n) is 5.19. The summed E-state index contributed by atoms with van der Waals surface area (Å²) in [6, 6.07) is 9.40. The second-order valence-corrected chi connectivity index (χ2v) is 10.4. The summed E-state index contributed by atoms with van der Waals surface area (Å²) < 4.78 is 1.84. The van der Waals surface area contributed by atoms with Crippen LogP contribution in [0.2, 0.25) is 0 Å². The highest BCUT2D eigenvalue weighted by Crippen LogP contribution is 2.28. The minimum absolute atomic E-state index is 0.0216. The molecule has 170 valence electrons. The number of aromatic nitrogens is 2. The molecule has 0 aliphatic heterocycles. The lowest BCUT2D eigenvalue weighted by molar-refractivity contribution is -0.117. The maximum absolute atomic E-state index is 13.1. The van der Waals surface area contributed by atoms with Gasteiger partial charge in [-0.3, -0.25) is 9.59 Å². The zero-order valence-electron chi connectivity index (χ0n) is 20.5. The molecule has 1 N–H and O–H groups in total. The summed E-state index contributed by atoms with van der Waals surface area (Å²) in [5, 5.41) is 7.73. The SMILES string of the molecule is CCc1ccc(C(=O)N(CC(=O)Nc2cc(C(C)(C)C)nn2C(C)(C)C)C(C)C)cc1. The van der Waals surface area contributed by atoms with E-state index in [1.54, 1.807) is 4.90 Å². The van der Waals surface area contributed by atoms with E-state index in [1.807, 2.05) is 69.6 Å². The molecule has 0 aliphatic carbocycles. The van der Waals surface area contributed by atoms with E-state index in [9.17, 15) is 9.59 Å². The zero-order chi connectivity index (χ0) is 23.6. The molecule has 6 heteroatoms. The Morgan fingerprint density at radius 1 is 1.06 bits per heavy atom. The van der Waals surface area contributed by atoms with Crippen molar-refractivity contribution in [1.29, 1.82) is 0 Å². The van der Waals surface area contributed by atoms with E-state index in [-0.39, 0.29) is 35.4 Å². The van der Waals surface area contributed by atoms with Crippen molar-refractivity contribution >= 4 is 17.6 Å². The van der Waals surface area contributed by atoms with Gasteiger partial charge in [0.25, 0.3) is 5.91 Å². The second kappa shape index (κ2) is 9.25. The van der Waals surface area contributed by atoms with Crippen LogP contribution in [0.5, 0.6) is 0 Å². The molecule has 1 heterocycles. The van der Waals surface area contributed by atoms with Gasteiger partial charge in [-0.2, -0.15) is 5.10 Å². The molecule has 0 atom stereocenters. The molecule has 0 aliphatic rings. The Morgan fingerprint density at radius 3 is 2.10 bits per heavy atom. The van der Waals surface area contributed by atoms with Crippen LogP contribution in [0.4, 0.5) is 5.82 Å². The second-order valence-electron chi connectivity index (χ2n) is 10.4. The van der Waals surface area contributed by atoms with Crippen LogP contribution in [-0.2, 0) is 22.2 Å². The first-order chi connectivity index (χ1) is 14.2. The van der Waals surface area contributed by atoms with Crippen molar-refractivity contribution in [1.82, 2.24) is 14.7 Å². The molecule has 2 rings (SSSR count). The fourth-order valence-corrected chi connectivity index (χ4v) is 3.22. The predicted octanol–water partition coefficient (Wildman–Crippen LogP) is 4.99. The minimum atomic E-state index is -0.291. The first kappa shape index (κ1) is 24.6. The van der Waals surface area contributed by atoms with Gasteiger partial charge in [-0.25, -0.2) is 4.68 Å². The highest BCUT2D eigenvalue weighted by molar-refractivity contribution is 5.99. The molecule has 0 unspecified atom stereocenters. The molecule has 0 radical (unpaired) electrons. The Bertz CT molecular complexity index is 912. The molecule has 0 saturated heterocycles. The van der Waals surface area contributed by atoms with Crippen LogP contribution in [0.15, 0.2) is 30.3 Å². The molecule has 2 aromatic rings. The number of carbonyl (C=O) groups is 2. The lowest BCUT2D eigenvalue weighted by Gasteiger charge is -2.27. The number of rotatable bonds is 6. The van der Waals surface area contributed by atoms with E-state index in [4.69, 9.17) is 5.10 Å². The summed E-state index contributed by atoms with van der Waals surface area (Å²) in [5.74, 6) is 0.261. The molecule has 6 nitrogen and oxygen atoms in total. The maximum atomic E-state index is 13.1. The summed E-state index contributed by atoms with van der Waals surface area (Å²) in [4.78, 5) is 27.6. The van der Waals surface area contributed by atoms with Crippen molar-refractivity contribution in [2.75, 3.05) is 11.9 Å². The number of carbonyl (C=O) groups excluding carboxylic acids is 2. The maximum Gasteiger partial charge on any atom is 0.254 e. The average Bonchev–Trinajstić information content (AvgIpc) is 3.10. The van der Waals surface area contributed by atoms with Crippen LogP contribution in [0.1, 0.15) is 83.9 Å². The molecular weight excluding hydrogens is 388 g/mol. The van der Waals surface area contributed by atoms with Crippen LogP contribution < -0.4 is 5.32 Å². The van der Waals surface area contributed by atoms with Crippen molar-refractivity contribution in [3.8, 4) is 0 Å². The van der Waals surface area contributed by atoms with Crippen LogP contribution in [0, 0.1) is 0 Å². The monoisotopic (exact) mass is 426 g/mol. The van der Waals surface area contributed by atoms with Gasteiger partial charge in [0.15, 0.2) is 0 Å². The third kappa shape index (κ3) is 6.18. The van der Waals surface area contributed by atoms with Crippen molar-refractivity contribution in [2.45, 2.75) is 85.7 Å². The van der Waals surface area contributed by atoms with Gasteiger partial charge in [0.1, 0.15) is 12.4 Å². The van der Waals surface area contributed by atoms with Gasteiger partial charge in [0.05, 0.1) is 11.2 Å². The normalized spacial score (nSPS) is 12.2. The topological polar surface area (TPSA) is 67.2 Å². The largest absolute Gasteiger partial charge is 0.327 e.